The third-order valence-corrected chi connectivity index (χ3v) is 6.66. The third-order valence-electron chi connectivity index (χ3n) is 4.95. The number of aryl methyl sites for hydroxylation is 1. The SMILES string of the molecule is Cc1ccccc1C1CCCN1C(=O)CSCc1cc(=O)n2ccsc2n1. The van der Waals surface area contributed by atoms with E-state index in [0.29, 0.717) is 16.5 Å². The van der Waals surface area contributed by atoms with Crippen LogP contribution in [0.5, 0.6) is 0 Å². The summed E-state index contributed by atoms with van der Waals surface area (Å²) in [6, 6.07) is 10.1. The number of carbonyl (C=O) groups excluding carboxylic acids is 1. The summed E-state index contributed by atoms with van der Waals surface area (Å²) in [7, 11) is 0. The molecule has 7 heteroatoms. The van der Waals surface area contributed by atoms with Gasteiger partial charge in [0, 0.05) is 29.9 Å². The Hall–Kier alpha value is -2.12. The minimum Gasteiger partial charge on any atom is -0.335 e. The van der Waals surface area contributed by atoms with E-state index in [9.17, 15) is 9.59 Å². The van der Waals surface area contributed by atoms with Crippen molar-refractivity contribution < 1.29 is 4.79 Å². The standard InChI is InChI=1S/C20H21N3O2S2/c1-14-5-2-3-6-16(14)17-7-4-8-22(17)19(25)13-26-12-15-11-18(24)23-9-10-27-20(23)21-15/h2-3,5-6,9-11,17H,4,7-8,12-13H2,1H3. The van der Waals surface area contributed by atoms with Crippen LogP contribution in [-0.2, 0) is 10.5 Å². The number of aromatic nitrogens is 2. The summed E-state index contributed by atoms with van der Waals surface area (Å²) in [5.74, 6) is 1.14. The van der Waals surface area contributed by atoms with Crippen molar-refractivity contribution in [2.45, 2.75) is 31.6 Å². The average molecular weight is 400 g/mol. The Kier molecular flexibility index (Phi) is 5.31. The van der Waals surface area contributed by atoms with Crippen LogP contribution in [-0.4, -0.2) is 32.5 Å². The minimum absolute atomic E-state index is 0.0673. The summed E-state index contributed by atoms with van der Waals surface area (Å²) in [5.41, 5.74) is 3.16. The van der Waals surface area contributed by atoms with E-state index in [1.807, 2.05) is 22.4 Å². The van der Waals surface area contributed by atoms with E-state index in [2.05, 4.69) is 24.0 Å². The summed E-state index contributed by atoms with van der Waals surface area (Å²) in [5, 5.41) is 1.85. The zero-order valence-corrected chi connectivity index (χ0v) is 16.8. The monoisotopic (exact) mass is 399 g/mol. The van der Waals surface area contributed by atoms with Gasteiger partial charge in [0.15, 0.2) is 4.96 Å². The molecule has 1 amide bonds. The molecule has 2 aromatic heterocycles. The van der Waals surface area contributed by atoms with Crippen molar-refractivity contribution in [1.82, 2.24) is 14.3 Å². The fourth-order valence-corrected chi connectivity index (χ4v) is 5.17. The molecule has 0 saturated carbocycles. The molecule has 0 aliphatic carbocycles. The van der Waals surface area contributed by atoms with E-state index >= 15 is 0 Å². The molecule has 0 spiro atoms. The average Bonchev–Trinajstić information content (AvgIpc) is 3.31. The van der Waals surface area contributed by atoms with Crippen molar-refractivity contribution in [1.29, 1.82) is 0 Å². The van der Waals surface area contributed by atoms with Gasteiger partial charge in [-0.3, -0.25) is 14.0 Å². The number of thioether (sulfide) groups is 1. The van der Waals surface area contributed by atoms with Crippen LogP contribution in [0, 0.1) is 6.92 Å². The second kappa shape index (κ2) is 7.86. The van der Waals surface area contributed by atoms with Gasteiger partial charge in [-0.15, -0.1) is 23.1 Å². The first kappa shape index (κ1) is 18.3. The van der Waals surface area contributed by atoms with Gasteiger partial charge in [0.2, 0.25) is 5.91 Å². The predicted molar refractivity (Wildman–Crippen MR) is 110 cm³/mol. The molecule has 1 fully saturated rings. The van der Waals surface area contributed by atoms with Gasteiger partial charge in [-0.05, 0) is 30.9 Å². The highest BCUT2D eigenvalue weighted by Gasteiger charge is 2.30. The highest BCUT2D eigenvalue weighted by molar-refractivity contribution is 7.99. The molecule has 4 rings (SSSR count). The number of rotatable bonds is 5. The summed E-state index contributed by atoms with van der Waals surface area (Å²) in [4.78, 5) is 32.0. The predicted octanol–water partition coefficient (Wildman–Crippen LogP) is 3.66. The molecule has 3 heterocycles. The Morgan fingerprint density at radius 3 is 3.07 bits per heavy atom. The van der Waals surface area contributed by atoms with Gasteiger partial charge in [0.25, 0.3) is 5.56 Å². The lowest BCUT2D eigenvalue weighted by Gasteiger charge is -2.26. The normalized spacial score (nSPS) is 16.9. The molecule has 1 aliphatic rings. The van der Waals surface area contributed by atoms with E-state index < -0.39 is 0 Å². The van der Waals surface area contributed by atoms with Crippen LogP contribution in [0.25, 0.3) is 4.96 Å². The maximum Gasteiger partial charge on any atom is 0.258 e. The number of amides is 1. The Labute approximate surface area is 166 Å². The molecule has 1 saturated heterocycles. The molecule has 1 aromatic carbocycles. The Bertz CT molecular complexity index is 1030. The molecule has 1 atom stereocenters. The first-order valence-corrected chi connectivity index (χ1v) is 11.1. The summed E-state index contributed by atoms with van der Waals surface area (Å²) in [6.45, 7) is 2.93. The Balaban J connectivity index is 1.40. The van der Waals surface area contributed by atoms with Crippen molar-refractivity contribution in [2.75, 3.05) is 12.3 Å². The number of thiazole rings is 1. The smallest absolute Gasteiger partial charge is 0.258 e. The number of hydrogen-bond acceptors (Lipinski definition) is 5. The summed E-state index contributed by atoms with van der Waals surface area (Å²) < 4.78 is 1.54. The second-order valence-electron chi connectivity index (χ2n) is 6.74. The zero-order valence-electron chi connectivity index (χ0n) is 15.1. The topological polar surface area (TPSA) is 54.7 Å². The first-order chi connectivity index (χ1) is 13.1. The van der Waals surface area contributed by atoms with Crippen LogP contribution < -0.4 is 5.56 Å². The summed E-state index contributed by atoms with van der Waals surface area (Å²) in [6.07, 6.45) is 3.80. The first-order valence-electron chi connectivity index (χ1n) is 9.02. The highest BCUT2D eigenvalue weighted by atomic mass is 32.2. The second-order valence-corrected chi connectivity index (χ2v) is 8.59. The molecule has 0 radical (unpaired) electrons. The highest BCUT2D eigenvalue weighted by Crippen LogP contribution is 2.34. The van der Waals surface area contributed by atoms with E-state index in [1.54, 1.807) is 16.7 Å². The lowest BCUT2D eigenvalue weighted by molar-refractivity contribution is -0.129. The molecule has 140 valence electrons. The molecular weight excluding hydrogens is 378 g/mol. The van der Waals surface area contributed by atoms with Gasteiger partial charge in [0.1, 0.15) is 0 Å². The largest absolute Gasteiger partial charge is 0.335 e. The molecule has 27 heavy (non-hydrogen) atoms. The van der Waals surface area contributed by atoms with Gasteiger partial charge in [-0.1, -0.05) is 24.3 Å². The van der Waals surface area contributed by atoms with Gasteiger partial charge in [0.05, 0.1) is 17.5 Å². The Morgan fingerprint density at radius 1 is 1.37 bits per heavy atom. The molecule has 0 N–H and O–H groups in total. The fraction of sp³-hybridized carbons (Fsp3) is 0.350. The molecule has 3 aromatic rings. The number of nitrogens with zero attached hydrogens (tertiary/aromatic N) is 3. The van der Waals surface area contributed by atoms with Crippen LogP contribution in [0.3, 0.4) is 0 Å². The Morgan fingerprint density at radius 2 is 2.22 bits per heavy atom. The summed E-state index contributed by atoms with van der Waals surface area (Å²) >= 11 is 2.97. The van der Waals surface area contributed by atoms with Crippen molar-refractivity contribution in [3.63, 3.8) is 0 Å². The number of fused-ring (bicyclic) bond motifs is 1. The van der Waals surface area contributed by atoms with Crippen LogP contribution in [0.2, 0.25) is 0 Å². The van der Waals surface area contributed by atoms with Crippen molar-refractivity contribution >= 4 is 34.0 Å². The van der Waals surface area contributed by atoms with E-state index in [1.165, 1.54) is 34.2 Å². The molecule has 1 unspecified atom stereocenters. The molecule has 1 aliphatic heterocycles. The van der Waals surface area contributed by atoms with Crippen LogP contribution >= 0.6 is 23.1 Å². The fourth-order valence-electron chi connectivity index (χ4n) is 3.64. The maximum absolute atomic E-state index is 12.8. The number of carbonyl (C=O) groups is 1. The maximum atomic E-state index is 12.8. The van der Waals surface area contributed by atoms with Crippen molar-refractivity contribution in [3.8, 4) is 0 Å². The van der Waals surface area contributed by atoms with Gasteiger partial charge < -0.3 is 4.90 Å². The van der Waals surface area contributed by atoms with E-state index in [4.69, 9.17) is 0 Å². The number of benzene rings is 1. The minimum atomic E-state index is -0.0673. The quantitative estimate of drug-likeness (QED) is 0.657. The van der Waals surface area contributed by atoms with Gasteiger partial charge in [-0.2, -0.15) is 0 Å². The molecule has 0 bridgehead atoms. The zero-order chi connectivity index (χ0) is 18.8. The van der Waals surface area contributed by atoms with Crippen molar-refractivity contribution in [3.05, 3.63) is 69.1 Å². The van der Waals surface area contributed by atoms with Crippen LogP contribution in [0.4, 0.5) is 0 Å². The number of likely N-dealkylation sites (tertiary alicyclic amines) is 1. The molecule has 5 nitrogen and oxygen atoms in total. The van der Waals surface area contributed by atoms with Gasteiger partial charge in [-0.25, -0.2) is 4.98 Å². The lowest BCUT2D eigenvalue weighted by Crippen LogP contribution is -2.32. The van der Waals surface area contributed by atoms with E-state index in [0.717, 1.165) is 25.1 Å². The lowest BCUT2D eigenvalue weighted by atomic mass is 9.99. The van der Waals surface area contributed by atoms with Crippen LogP contribution in [0.15, 0.2) is 46.7 Å². The molecular formula is C20H21N3O2S2. The van der Waals surface area contributed by atoms with E-state index in [-0.39, 0.29) is 17.5 Å². The third kappa shape index (κ3) is 3.80. The number of hydrogen-bond donors (Lipinski definition) is 0. The van der Waals surface area contributed by atoms with Crippen LogP contribution in [0.1, 0.15) is 35.7 Å². The van der Waals surface area contributed by atoms with Gasteiger partial charge >= 0.3 is 0 Å². The van der Waals surface area contributed by atoms with Crippen molar-refractivity contribution in [2.24, 2.45) is 0 Å².